The van der Waals surface area contributed by atoms with Crippen molar-refractivity contribution >= 4 is 16.7 Å². The Morgan fingerprint density at radius 3 is 2.79 bits per heavy atom. The van der Waals surface area contributed by atoms with Gasteiger partial charge in [-0.3, -0.25) is 14.4 Å². The number of aryl methyl sites for hydroxylation is 1. The summed E-state index contributed by atoms with van der Waals surface area (Å²) in [5, 5.41) is 11.3. The van der Waals surface area contributed by atoms with Gasteiger partial charge in [-0.25, -0.2) is 5.10 Å². The third kappa shape index (κ3) is 2.49. The fourth-order valence-electron chi connectivity index (χ4n) is 2.03. The van der Waals surface area contributed by atoms with E-state index >= 15 is 0 Å². The van der Waals surface area contributed by atoms with E-state index in [2.05, 4.69) is 5.10 Å². The van der Waals surface area contributed by atoms with E-state index in [1.54, 1.807) is 12.1 Å². The fourth-order valence-corrected chi connectivity index (χ4v) is 2.03. The first-order valence-electron chi connectivity index (χ1n) is 5.74. The maximum atomic E-state index is 11.9. The highest BCUT2D eigenvalue weighted by Crippen LogP contribution is 2.14. The lowest BCUT2D eigenvalue weighted by Gasteiger charge is -2.06. The van der Waals surface area contributed by atoms with Crippen molar-refractivity contribution in [3.63, 3.8) is 0 Å². The summed E-state index contributed by atoms with van der Waals surface area (Å²) in [5.41, 5.74) is -0.296. The molecular formula is C12H13N3O4. The summed E-state index contributed by atoms with van der Waals surface area (Å²) in [6.07, 6.45) is 0.836. The molecule has 0 aliphatic heterocycles. The maximum Gasteiger partial charge on any atom is 0.303 e. The third-order valence-electron chi connectivity index (χ3n) is 2.89. The maximum absolute atomic E-state index is 11.9. The molecule has 100 valence electrons. The zero-order chi connectivity index (χ0) is 14.0. The molecule has 0 amide bonds. The van der Waals surface area contributed by atoms with Gasteiger partial charge in [-0.1, -0.05) is 12.1 Å². The van der Waals surface area contributed by atoms with Crippen molar-refractivity contribution in [2.75, 3.05) is 5.84 Å². The minimum atomic E-state index is -0.890. The molecule has 0 saturated carbocycles. The van der Waals surface area contributed by atoms with E-state index < -0.39 is 17.1 Å². The lowest BCUT2D eigenvalue weighted by Crippen LogP contribution is -2.35. The van der Waals surface area contributed by atoms with Crippen molar-refractivity contribution in [1.82, 2.24) is 9.89 Å². The van der Waals surface area contributed by atoms with E-state index in [9.17, 15) is 14.4 Å². The van der Waals surface area contributed by atoms with Crippen LogP contribution in [0.4, 0.5) is 0 Å². The number of carboxylic acids is 1. The molecule has 0 saturated heterocycles. The highest BCUT2D eigenvalue weighted by atomic mass is 16.4. The van der Waals surface area contributed by atoms with Gasteiger partial charge >= 0.3 is 5.97 Å². The van der Waals surface area contributed by atoms with Gasteiger partial charge in [-0.2, -0.15) is 4.79 Å². The normalized spacial score (nSPS) is 10.7. The molecule has 19 heavy (non-hydrogen) atoms. The van der Waals surface area contributed by atoms with E-state index in [1.165, 1.54) is 6.07 Å². The number of nitrogens with two attached hydrogens (primary N) is 1. The fraction of sp³-hybridized carbons (Fsp3) is 0.250. The van der Waals surface area contributed by atoms with Crippen LogP contribution in [0.25, 0.3) is 10.8 Å². The van der Waals surface area contributed by atoms with Crippen LogP contribution < -0.4 is 17.0 Å². The Kier molecular flexibility index (Phi) is 3.37. The first-order valence-corrected chi connectivity index (χ1v) is 5.74. The second-order valence-corrected chi connectivity index (χ2v) is 4.20. The van der Waals surface area contributed by atoms with Crippen molar-refractivity contribution in [3.8, 4) is 0 Å². The highest BCUT2D eigenvalue weighted by molar-refractivity contribution is 5.83. The van der Waals surface area contributed by atoms with Crippen LogP contribution >= 0.6 is 0 Å². The predicted molar refractivity (Wildman–Crippen MR) is 69.6 cm³/mol. The molecule has 0 aliphatic carbocycles. The minimum absolute atomic E-state index is 0.0161. The molecule has 0 fully saturated rings. The number of aliphatic carboxylic acids is 1. The van der Waals surface area contributed by atoms with Crippen LogP contribution in [0.1, 0.15) is 18.4 Å². The smallest absolute Gasteiger partial charge is 0.303 e. The van der Waals surface area contributed by atoms with E-state index in [0.29, 0.717) is 23.2 Å². The second-order valence-electron chi connectivity index (χ2n) is 4.20. The van der Waals surface area contributed by atoms with Gasteiger partial charge in [0.2, 0.25) is 0 Å². The molecule has 0 atom stereocenters. The number of aromatic nitrogens is 2. The second kappa shape index (κ2) is 4.97. The SMILES string of the molecule is Nn1[nH]c(=O)c2c(CCCC(=O)O)cccc2c1=O. The summed E-state index contributed by atoms with van der Waals surface area (Å²) in [6, 6.07) is 4.88. The Morgan fingerprint density at radius 1 is 1.37 bits per heavy atom. The number of hydrogen-bond acceptors (Lipinski definition) is 4. The summed E-state index contributed by atoms with van der Waals surface area (Å²) in [6.45, 7) is 0. The quantitative estimate of drug-likeness (QED) is 0.661. The van der Waals surface area contributed by atoms with Crippen LogP contribution in [0, 0.1) is 0 Å². The number of carboxylic acid groups (broad SMARTS) is 1. The molecule has 0 bridgehead atoms. The van der Waals surface area contributed by atoms with Crippen LogP contribution in [0.15, 0.2) is 27.8 Å². The molecular weight excluding hydrogens is 250 g/mol. The van der Waals surface area contributed by atoms with E-state index in [0.717, 1.165) is 0 Å². The van der Waals surface area contributed by atoms with Crippen LogP contribution in [-0.4, -0.2) is 21.0 Å². The third-order valence-corrected chi connectivity index (χ3v) is 2.89. The van der Waals surface area contributed by atoms with Gasteiger partial charge in [0.25, 0.3) is 11.1 Å². The van der Waals surface area contributed by atoms with Gasteiger partial charge in [-0.15, -0.1) is 0 Å². The largest absolute Gasteiger partial charge is 0.481 e. The van der Waals surface area contributed by atoms with Gasteiger partial charge in [0.1, 0.15) is 0 Å². The van der Waals surface area contributed by atoms with Crippen LogP contribution in [0.5, 0.6) is 0 Å². The number of H-pyrrole nitrogens is 1. The summed E-state index contributed by atoms with van der Waals surface area (Å²) in [7, 11) is 0. The van der Waals surface area contributed by atoms with Crippen molar-refractivity contribution in [3.05, 3.63) is 44.5 Å². The van der Waals surface area contributed by atoms with Gasteiger partial charge in [0, 0.05) is 6.42 Å². The van der Waals surface area contributed by atoms with Crippen molar-refractivity contribution in [2.24, 2.45) is 0 Å². The lowest BCUT2D eigenvalue weighted by atomic mass is 10.0. The van der Waals surface area contributed by atoms with Crippen LogP contribution in [0.2, 0.25) is 0 Å². The number of benzene rings is 1. The summed E-state index contributed by atoms with van der Waals surface area (Å²) >= 11 is 0. The number of hydrogen-bond donors (Lipinski definition) is 3. The van der Waals surface area contributed by atoms with E-state index in [-0.39, 0.29) is 17.2 Å². The van der Waals surface area contributed by atoms with Gasteiger partial charge in [-0.05, 0) is 24.5 Å². The van der Waals surface area contributed by atoms with Crippen LogP contribution in [-0.2, 0) is 11.2 Å². The first-order chi connectivity index (χ1) is 9.00. The molecule has 1 aromatic heterocycles. The van der Waals surface area contributed by atoms with E-state index in [4.69, 9.17) is 10.9 Å². The number of fused-ring (bicyclic) bond motifs is 1. The molecule has 4 N–H and O–H groups in total. The van der Waals surface area contributed by atoms with Gasteiger partial charge in [0.05, 0.1) is 10.8 Å². The number of carbonyl (C=O) groups is 1. The average molecular weight is 263 g/mol. The molecule has 2 aromatic rings. The lowest BCUT2D eigenvalue weighted by molar-refractivity contribution is -0.137. The van der Waals surface area contributed by atoms with E-state index in [1.807, 2.05) is 0 Å². The molecule has 1 heterocycles. The Labute approximate surface area is 107 Å². The van der Waals surface area contributed by atoms with Crippen molar-refractivity contribution < 1.29 is 9.90 Å². The Bertz CT molecular complexity index is 745. The highest BCUT2D eigenvalue weighted by Gasteiger charge is 2.10. The molecule has 0 spiro atoms. The minimum Gasteiger partial charge on any atom is -0.481 e. The van der Waals surface area contributed by atoms with Crippen LogP contribution in [0.3, 0.4) is 0 Å². The summed E-state index contributed by atoms with van der Waals surface area (Å²) < 4.78 is 0. The molecule has 1 aromatic carbocycles. The Morgan fingerprint density at radius 2 is 2.11 bits per heavy atom. The number of aromatic amines is 1. The number of nitrogens with one attached hydrogen (secondary N) is 1. The zero-order valence-corrected chi connectivity index (χ0v) is 10.0. The molecule has 0 unspecified atom stereocenters. The Hall–Kier alpha value is -2.57. The van der Waals surface area contributed by atoms with Gasteiger partial charge < -0.3 is 10.9 Å². The number of nitrogens with zero attached hydrogens (tertiary/aromatic N) is 1. The predicted octanol–water partition coefficient (Wildman–Crippen LogP) is -0.189. The Balaban J connectivity index is 2.51. The van der Waals surface area contributed by atoms with Crippen molar-refractivity contribution in [2.45, 2.75) is 19.3 Å². The standard InChI is InChI=1S/C12H13N3O4/c13-15-12(19)8-5-1-3-7(4-2-6-9(16)17)10(8)11(18)14-15/h1,3,5H,2,4,6,13H2,(H,14,18)(H,16,17). The van der Waals surface area contributed by atoms with Gasteiger partial charge in [0.15, 0.2) is 0 Å². The molecule has 0 aliphatic rings. The number of rotatable bonds is 4. The number of nitrogen functional groups attached to an aromatic ring is 1. The van der Waals surface area contributed by atoms with Crippen molar-refractivity contribution in [1.29, 1.82) is 0 Å². The average Bonchev–Trinajstić information content (AvgIpc) is 2.35. The summed E-state index contributed by atoms with van der Waals surface area (Å²) in [4.78, 5) is 34.8. The zero-order valence-electron chi connectivity index (χ0n) is 10.0. The summed E-state index contributed by atoms with van der Waals surface area (Å²) in [5.74, 6) is 4.46. The monoisotopic (exact) mass is 263 g/mol. The first kappa shape index (κ1) is 12.9. The molecule has 7 heteroatoms. The molecule has 2 rings (SSSR count). The topological polar surface area (TPSA) is 118 Å². The molecule has 7 nitrogen and oxygen atoms in total. The molecule has 0 radical (unpaired) electrons.